The van der Waals surface area contributed by atoms with Crippen LogP contribution < -0.4 is 10.2 Å². The molecule has 7 heteroatoms. The number of anilines is 1. The van der Waals surface area contributed by atoms with Crippen molar-refractivity contribution in [3.8, 4) is 0 Å². The highest BCUT2D eigenvalue weighted by atomic mass is 35.5. The number of aliphatic hydroxyl groups excluding tert-OH is 1. The fourth-order valence-electron chi connectivity index (χ4n) is 4.24. The van der Waals surface area contributed by atoms with Crippen molar-refractivity contribution in [3.05, 3.63) is 63.1 Å². The maximum absolute atomic E-state index is 10.9. The van der Waals surface area contributed by atoms with Crippen LogP contribution >= 0.6 is 34.8 Å². The SMILES string of the molecule is OC([C@H]1CCCN1)N1CCN(c2ccc(Cl)cc2Cl)[C@H](c2ccc(Cl)cc2)C1. The maximum atomic E-state index is 10.9. The molecule has 4 rings (SSSR count). The van der Waals surface area contributed by atoms with Gasteiger partial charge in [0.1, 0.15) is 6.23 Å². The van der Waals surface area contributed by atoms with Gasteiger partial charge in [-0.25, -0.2) is 0 Å². The third-order valence-corrected chi connectivity index (χ3v) is 6.51. The highest BCUT2D eigenvalue weighted by molar-refractivity contribution is 6.36. The molecule has 150 valence electrons. The number of aliphatic hydroxyl groups is 1. The Morgan fingerprint density at radius 1 is 1.00 bits per heavy atom. The molecule has 0 bridgehead atoms. The number of hydrogen-bond donors (Lipinski definition) is 2. The minimum Gasteiger partial charge on any atom is -0.377 e. The van der Waals surface area contributed by atoms with Gasteiger partial charge in [0.15, 0.2) is 0 Å². The molecule has 0 amide bonds. The number of hydrogen-bond acceptors (Lipinski definition) is 4. The van der Waals surface area contributed by atoms with Crippen LogP contribution in [0.2, 0.25) is 15.1 Å². The Kier molecular flexibility index (Phi) is 6.36. The van der Waals surface area contributed by atoms with E-state index >= 15 is 0 Å². The van der Waals surface area contributed by atoms with Crippen molar-refractivity contribution in [3.63, 3.8) is 0 Å². The minimum atomic E-state index is -0.486. The Bertz CT molecular complexity index is 811. The van der Waals surface area contributed by atoms with Gasteiger partial charge in [-0.2, -0.15) is 0 Å². The monoisotopic (exact) mass is 439 g/mol. The summed E-state index contributed by atoms with van der Waals surface area (Å²) in [5.74, 6) is 0. The number of nitrogens with one attached hydrogen (secondary N) is 1. The van der Waals surface area contributed by atoms with Crippen LogP contribution in [0.1, 0.15) is 24.4 Å². The number of rotatable bonds is 4. The van der Waals surface area contributed by atoms with Gasteiger partial charge in [0, 0.05) is 35.7 Å². The van der Waals surface area contributed by atoms with Gasteiger partial charge in [-0.05, 0) is 55.3 Å². The van der Waals surface area contributed by atoms with Crippen LogP contribution in [0.5, 0.6) is 0 Å². The van der Waals surface area contributed by atoms with E-state index in [0.29, 0.717) is 21.6 Å². The lowest BCUT2D eigenvalue weighted by atomic mass is 10.00. The molecule has 2 heterocycles. The van der Waals surface area contributed by atoms with E-state index in [1.54, 1.807) is 6.07 Å². The fraction of sp³-hybridized carbons (Fsp3) is 0.429. The van der Waals surface area contributed by atoms with Crippen LogP contribution in [0.25, 0.3) is 0 Å². The molecular formula is C21H24Cl3N3O. The summed E-state index contributed by atoms with van der Waals surface area (Å²) in [6, 6.07) is 13.7. The molecule has 2 fully saturated rings. The Hall–Kier alpha value is -1.01. The van der Waals surface area contributed by atoms with Crippen molar-refractivity contribution < 1.29 is 5.11 Å². The van der Waals surface area contributed by atoms with Gasteiger partial charge in [0.25, 0.3) is 0 Å². The average Bonchev–Trinajstić information content (AvgIpc) is 3.23. The van der Waals surface area contributed by atoms with Gasteiger partial charge >= 0.3 is 0 Å². The van der Waals surface area contributed by atoms with Crippen molar-refractivity contribution in [2.24, 2.45) is 0 Å². The van der Waals surface area contributed by atoms with Gasteiger partial charge in [0.2, 0.25) is 0 Å². The van der Waals surface area contributed by atoms with E-state index in [2.05, 4.69) is 15.1 Å². The summed E-state index contributed by atoms with van der Waals surface area (Å²) in [6.45, 7) is 3.21. The largest absolute Gasteiger partial charge is 0.377 e. The van der Waals surface area contributed by atoms with Crippen molar-refractivity contribution >= 4 is 40.5 Å². The van der Waals surface area contributed by atoms with Crippen molar-refractivity contribution in [2.45, 2.75) is 31.2 Å². The molecule has 0 radical (unpaired) electrons. The predicted molar refractivity (Wildman–Crippen MR) is 117 cm³/mol. The number of benzene rings is 2. The van der Waals surface area contributed by atoms with Crippen LogP contribution in [0, 0.1) is 0 Å². The molecule has 2 aliphatic heterocycles. The third-order valence-electron chi connectivity index (χ3n) is 5.72. The predicted octanol–water partition coefficient (Wildman–Crippen LogP) is 4.58. The van der Waals surface area contributed by atoms with Gasteiger partial charge in [-0.15, -0.1) is 0 Å². The first-order valence-electron chi connectivity index (χ1n) is 9.65. The lowest BCUT2D eigenvalue weighted by Crippen LogP contribution is -2.56. The number of piperazine rings is 1. The standard InChI is InChI=1S/C21H24Cl3N3O/c22-15-5-3-14(4-6-15)20-13-26(21(28)18-2-1-9-25-18)10-11-27(20)19-8-7-16(23)12-17(19)24/h3-8,12,18,20-21,25,28H,1-2,9-11,13H2/t18-,20+,21?/m1/s1. The van der Waals surface area contributed by atoms with Crippen molar-refractivity contribution in [1.82, 2.24) is 10.2 Å². The highest BCUT2D eigenvalue weighted by Crippen LogP contribution is 2.37. The molecule has 2 aromatic carbocycles. The van der Waals surface area contributed by atoms with Crippen molar-refractivity contribution in [2.75, 3.05) is 31.1 Å². The summed E-state index contributed by atoms with van der Waals surface area (Å²) in [4.78, 5) is 4.47. The zero-order valence-corrected chi connectivity index (χ0v) is 17.8. The normalized spacial score (nSPS) is 24.5. The molecule has 2 aromatic rings. The van der Waals surface area contributed by atoms with Gasteiger partial charge in [-0.3, -0.25) is 4.90 Å². The molecule has 0 aliphatic carbocycles. The summed E-state index contributed by atoms with van der Waals surface area (Å²) in [7, 11) is 0. The Labute approximate surface area is 181 Å². The zero-order chi connectivity index (χ0) is 19.7. The van der Waals surface area contributed by atoms with E-state index < -0.39 is 6.23 Å². The zero-order valence-electron chi connectivity index (χ0n) is 15.5. The molecule has 0 spiro atoms. The molecular weight excluding hydrogens is 417 g/mol. The molecule has 2 saturated heterocycles. The van der Waals surface area contributed by atoms with E-state index in [9.17, 15) is 5.11 Å². The first-order chi connectivity index (χ1) is 13.5. The first kappa shape index (κ1) is 20.3. The van der Waals surface area contributed by atoms with Gasteiger partial charge < -0.3 is 15.3 Å². The number of halogens is 3. The second kappa shape index (κ2) is 8.78. The molecule has 1 unspecified atom stereocenters. The molecule has 0 aromatic heterocycles. The second-order valence-corrected chi connectivity index (χ2v) is 8.75. The average molecular weight is 441 g/mol. The molecule has 3 atom stereocenters. The molecule has 2 aliphatic rings. The highest BCUT2D eigenvalue weighted by Gasteiger charge is 2.35. The van der Waals surface area contributed by atoms with Crippen LogP contribution in [0.3, 0.4) is 0 Å². The lowest BCUT2D eigenvalue weighted by Gasteiger charge is -2.45. The first-order valence-corrected chi connectivity index (χ1v) is 10.8. The summed E-state index contributed by atoms with van der Waals surface area (Å²) in [5.41, 5.74) is 2.10. The fourth-order valence-corrected chi connectivity index (χ4v) is 4.88. The van der Waals surface area contributed by atoms with Crippen LogP contribution in [0.15, 0.2) is 42.5 Å². The van der Waals surface area contributed by atoms with E-state index in [1.807, 2.05) is 36.4 Å². The van der Waals surface area contributed by atoms with E-state index in [1.165, 1.54) is 0 Å². The van der Waals surface area contributed by atoms with E-state index in [0.717, 1.165) is 43.7 Å². The van der Waals surface area contributed by atoms with Gasteiger partial charge in [0.05, 0.1) is 16.8 Å². The third kappa shape index (κ3) is 4.28. The Balaban J connectivity index is 1.63. The minimum absolute atomic E-state index is 0.0562. The summed E-state index contributed by atoms with van der Waals surface area (Å²) in [5, 5.41) is 16.3. The second-order valence-electron chi connectivity index (χ2n) is 7.47. The molecule has 0 saturated carbocycles. The quantitative estimate of drug-likeness (QED) is 0.730. The van der Waals surface area contributed by atoms with Gasteiger partial charge in [-0.1, -0.05) is 46.9 Å². The Morgan fingerprint density at radius 3 is 2.43 bits per heavy atom. The summed E-state index contributed by atoms with van der Waals surface area (Å²) >= 11 is 18.7. The maximum Gasteiger partial charge on any atom is 0.123 e. The number of nitrogens with zero attached hydrogens (tertiary/aromatic N) is 2. The lowest BCUT2D eigenvalue weighted by molar-refractivity contribution is -0.0299. The van der Waals surface area contributed by atoms with Crippen LogP contribution in [-0.4, -0.2) is 48.5 Å². The molecule has 4 nitrogen and oxygen atoms in total. The van der Waals surface area contributed by atoms with Crippen molar-refractivity contribution in [1.29, 1.82) is 0 Å². The smallest absolute Gasteiger partial charge is 0.123 e. The molecule has 28 heavy (non-hydrogen) atoms. The summed E-state index contributed by atoms with van der Waals surface area (Å²) < 4.78 is 0. The summed E-state index contributed by atoms with van der Waals surface area (Å²) in [6.07, 6.45) is 1.64. The molecule has 2 N–H and O–H groups in total. The van der Waals surface area contributed by atoms with E-state index in [-0.39, 0.29) is 12.1 Å². The van der Waals surface area contributed by atoms with E-state index in [4.69, 9.17) is 34.8 Å². The van der Waals surface area contributed by atoms with Crippen LogP contribution in [0.4, 0.5) is 5.69 Å². The topological polar surface area (TPSA) is 38.7 Å². The van der Waals surface area contributed by atoms with Crippen LogP contribution in [-0.2, 0) is 0 Å². The Morgan fingerprint density at radius 2 is 1.75 bits per heavy atom.